The largest absolute Gasteiger partial charge is 0.435 e. The van der Waals surface area contributed by atoms with Crippen LogP contribution in [0.15, 0.2) is 24.5 Å². The Morgan fingerprint density at radius 2 is 2.05 bits per heavy atom. The van der Waals surface area contributed by atoms with Gasteiger partial charge in [0.25, 0.3) is 0 Å². The van der Waals surface area contributed by atoms with Crippen LogP contribution in [0, 0.1) is 0 Å². The molecule has 116 valence electrons. The molecule has 0 unspecified atom stereocenters. The molecule has 0 amide bonds. The Kier molecular flexibility index (Phi) is 3.40. The van der Waals surface area contributed by atoms with E-state index >= 15 is 0 Å². The highest BCUT2D eigenvalue weighted by atomic mass is 35.5. The van der Waals surface area contributed by atoms with Gasteiger partial charge in [-0.05, 0) is 18.6 Å². The molecule has 0 saturated carbocycles. The predicted molar refractivity (Wildman–Crippen MR) is 77.2 cm³/mol. The van der Waals surface area contributed by atoms with E-state index in [1.54, 1.807) is 29.8 Å². The molecule has 0 aliphatic heterocycles. The van der Waals surface area contributed by atoms with Crippen molar-refractivity contribution in [3.05, 3.63) is 40.8 Å². The number of aromatic nitrogens is 4. The molecule has 22 heavy (non-hydrogen) atoms. The van der Waals surface area contributed by atoms with Gasteiger partial charge in [0.15, 0.2) is 5.69 Å². The molecule has 0 N–H and O–H groups in total. The maximum atomic E-state index is 13.1. The summed E-state index contributed by atoms with van der Waals surface area (Å²) in [6.07, 6.45) is -1.14. The summed E-state index contributed by atoms with van der Waals surface area (Å²) in [4.78, 5) is 4.21. The van der Waals surface area contributed by atoms with Crippen molar-refractivity contribution in [1.29, 1.82) is 0 Å². The molecule has 0 aliphatic rings. The molecule has 4 nitrogen and oxygen atoms in total. The number of halogens is 4. The molecule has 8 heteroatoms. The molecule has 3 aromatic rings. The van der Waals surface area contributed by atoms with Crippen LogP contribution in [-0.2, 0) is 19.6 Å². The summed E-state index contributed by atoms with van der Waals surface area (Å²) in [6.45, 7) is 1.67. The number of rotatable bonds is 2. The Hall–Kier alpha value is -2.02. The van der Waals surface area contributed by atoms with E-state index in [0.717, 1.165) is 5.39 Å². The minimum absolute atomic E-state index is 0.143. The van der Waals surface area contributed by atoms with Crippen molar-refractivity contribution in [3.63, 3.8) is 0 Å². The number of fused-ring (bicyclic) bond motifs is 1. The summed E-state index contributed by atoms with van der Waals surface area (Å²) in [5.41, 5.74) is -0.177. The number of alkyl halides is 3. The molecule has 3 heterocycles. The fraction of sp³-hybridized carbons (Fsp3) is 0.286. The first kappa shape index (κ1) is 14.9. The average Bonchev–Trinajstić information content (AvgIpc) is 2.98. The van der Waals surface area contributed by atoms with Gasteiger partial charge in [-0.1, -0.05) is 18.5 Å². The minimum Gasteiger partial charge on any atom is -0.285 e. The molecular weight excluding hydrogens is 317 g/mol. The van der Waals surface area contributed by atoms with Gasteiger partial charge < -0.3 is 0 Å². The van der Waals surface area contributed by atoms with E-state index in [1.807, 2.05) is 0 Å². The Bertz CT molecular complexity index is 848. The van der Waals surface area contributed by atoms with Gasteiger partial charge in [-0.2, -0.15) is 18.3 Å². The zero-order valence-electron chi connectivity index (χ0n) is 11.8. The Labute approximate surface area is 129 Å². The van der Waals surface area contributed by atoms with Crippen molar-refractivity contribution >= 4 is 22.6 Å². The van der Waals surface area contributed by atoms with Gasteiger partial charge in [0.2, 0.25) is 0 Å². The van der Waals surface area contributed by atoms with E-state index < -0.39 is 11.9 Å². The third-order valence-corrected chi connectivity index (χ3v) is 3.66. The molecule has 3 rings (SSSR count). The third-order valence-electron chi connectivity index (χ3n) is 3.46. The van der Waals surface area contributed by atoms with Crippen LogP contribution in [0.25, 0.3) is 16.9 Å². The summed E-state index contributed by atoms with van der Waals surface area (Å²) in [7, 11) is 1.49. The topological polar surface area (TPSA) is 35.6 Å². The zero-order valence-corrected chi connectivity index (χ0v) is 12.6. The molecule has 0 bridgehead atoms. The lowest BCUT2D eigenvalue weighted by atomic mass is 10.1. The number of hydrogen-bond acceptors (Lipinski definition) is 2. The standard InChI is InChI=1S/C14H12ClF3N4/c1-3-10-11(14(16,17)18)20-21(2)13(10)22-5-4-8-6-9(15)7-19-12(8)22/h4-7H,3H2,1-2H3. The van der Waals surface area contributed by atoms with Gasteiger partial charge in [0.1, 0.15) is 11.5 Å². The van der Waals surface area contributed by atoms with Crippen LogP contribution in [0.1, 0.15) is 18.2 Å². The lowest BCUT2D eigenvalue weighted by Gasteiger charge is -2.09. The Morgan fingerprint density at radius 1 is 1.32 bits per heavy atom. The second-order valence-electron chi connectivity index (χ2n) is 4.88. The number of aryl methyl sites for hydroxylation is 1. The van der Waals surface area contributed by atoms with Crippen molar-refractivity contribution in [2.45, 2.75) is 19.5 Å². The summed E-state index contributed by atoms with van der Waals surface area (Å²) < 4.78 is 42.2. The Morgan fingerprint density at radius 3 is 2.68 bits per heavy atom. The number of hydrogen-bond donors (Lipinski definition) is 0. The Balaban J connectivity index is 2.29. The number of nitrogens with zero attached hydrogens (tertiary/aromatic N) is 4. The first-order valence-corrected chi connectivity index (χ1v) is 6.96. The maximum Gasteiger partial charge on any atom is 0.435 e. The van der Waals surface area contributed by atoms with Gasteiger partial charge in [-0.3, -0.25) is 9.25 Å². The monoisotopic (exact) mass is 328 g/mol. The fourth-order valence-electron chi connectivity index (χ4n) is 2.58. The highest BCUT2D eigenvalue weighted by molar-refractivity contribution is 6.31. The molecule has 0 radical (unpaired) electrons. The third kappa shape index (κ3) is 2.25. The first-order valence-electron chi connectivity index (χ1n) is 6.59. The minimum atomic E-state index is -4.49. The van der Waals surface area contributed by atoms with Crippen LogP contribution < -0.4 is 0 Å². The van der Waals surface area contributed by atoms with Crippen LogP contribution in [0.2, 0.25) is 5.02 Å². The summed E-state index contributed by atoms with van der Waals surface area (Å²) in [6, 6.07) is 3.47. The maximum absolute atomic E-state index is 13.1. The van der Waals surface area contributed by atoms with Crippen LogP contribution >= 0.6 is 11.6 Å². The lowest BCUT2D eigenvalue weighted by Crippen LogP contribution is -2.09. The molecule has 0 fully saturated rings. The second kappa shape index (κ2) is 5.01. The van der Waals surface area contributed by atoms with Crippen molar-refractivity contribution in [2.75, 3.05) is 0 Å². The van der Waals surface area contributed by atoms with E-state index in [1.165, 1.54) is 17.9 Å². The van der Waals surface area contributed by atoms with E-state index in [0.29, 0.717) is 16.5 Å². The quantitative estimate of drug-likeness (QED) is 0.713. The van der Waals surface area contributed by atoms with Crippen molar-refractivity contribution in [3.8, 4) is 5.82 Å². The van der Waals surface area contributed by atoms with E-state index in [9.17, 15) is 13.2 Å². The van der Waals surface area contributed by atoms with Crippen LogP contribution in [0.4, 0.5) is 13.2 Å². The van der Waals surface area contributed by atoms with E-state index in [-0.39, 0.29) is 12.0 Å². The molecular formula is C14H12ClF3N4. The lowest BCUT2D eigenvalue weighted by molar-refractivity contribution is -0.142. The van der Waals surface area contributed by atoms with E-state index in [4.69, 9.17) is 11.6 Å². The van der Waals surface area contributed by atoms with E-state index in [2.05, 4.69) is 10.1 Å². The second-order valence-corrected chi connectivity index (χ2v) is 5.31. The summed E-state index contributed by atoms with van der Waals surface area (Å²) in [5.74, 6) is 0.361. The predicted octanol–water partition coefficient (Wildman–Crippen LogP) is 3.99. The number of pyridine rings is 1. The van der Waals surface area contributed by atoms with Gasteiger partial charge in [0, 0.05) is 30.4 Å². The first-order chi connectivity index (χ1) is 10.3. The van der Waals surface area contributed by atoms with Crippen LogP contribution in [-0.4, -0.2) is 19.3 Å². The zero-order chi connectivity index (χ0) is 16.1. The van der Waals surface area contributed by atoms with Gasteiger partial charge in [-0.25, -0.2) is 4.98 Å². The molecule has 0 aromatic carbocycles. The molecule has 0 saturated heterocycles. The van der Waals surface area contributed by atoms with Crippen LogP contribution in [0.3, 0.4) is 0 Å². The molecule has 0 atom stereocenters. The molecule has 0 aliphatic carbocycles. The van der Waals surface area contributed by atoms with Gasteiger partial charge in [-0.15, -0.1) is 0 Å². The van der Waals surface area contributed by atoms with Gasteiger partial charge >= 0.3 is 6.18 Å². The highest BCUT2D eigenvalue weighted by Gasteiger charge is 2.38. The summed E-state index contributed by atoms with van der Waals surface area (Å²) in [5, 5.41) is 4.88. The smallest absolute Gasteiger partial charge is 0.285 e. The van der Waals surface area contributed by atoms with Gasteiger partial charge in [0.05, 0.1) is 5.02 Å². The highest BCUT2D eigenvalue weighted by Crippen LogP contribution is 2.35. The van der Waals surface area contributed by atoms with Crippen LogP contribution in [0.5, 0.6) is 0 Å². The normalized spacial score (nSPS) is 12.3. The fourth-order valence-corrected chi connectivity index (χ4v) is 2.75. The summed E-state index contributed by atoms with van der Waals surface area (Å²) >= 11 is 5.89. The molecule has 0 spiro atoms. The SMILES string of the molecule is CCc1c(C(F)(F)F)nn(C)c1-n1ccc2cc(Cl)cnc21. The molecule has 3 aromatic heterocycles. The van der Waals surface area contributed by atoms with Crippen molar-refractivity contribution < 1.29 is 13.2 Å². The van der Waals surface area contributed by atoms with Crippen molar-refractivity contribution in [2.24, 2.45) is 7.05 Å². The van der Waals surface area contributed by atoms with Crippen molar-refractivity contribution in [1.82, 2.24) is 19.3 Å². The average molecular weight is 329 g/mol.